The van der Waals surface area contributed by atoms with E-state index in [0.717, 1.165) is 26.1 Å². The van der Waals surface area contributed by atoms with Crippen LogP contribution in [0.15, 0.2) is 6.07 Å². The van der Waals surface area contributed by atoms with Gasteiger partial charge in [0.2, 0.25) is 0 Å². The van der Waals surface area contributed by atoms with E-state index in [1.807, 2.05) is 6.92 Å². The molecule has 0 saturated carbocycles. The second-order valence-electron chi connectivity index (χ2n) is 4.53. The molecular weight excluding hydrogens is 267 g/mol. The van der Waals surface area contributed by atoms with Crippen LogP contribution in [-0.4, -0.2) is 42.6 Å². The number of rotatable bonds is 8. The summed E-state index contributed by atoms with van der Waals surface area (Å²) in [5.74, 6) is -3.46. The summed E-state index contributed by atoms with van der Waals surface area (Å²) in [6.07, 6.45) is 0.815. The van der Waals surface area contributed by atoms with E-state index in [0.29, 0.717) is 19.2 Å². The lowest BCUT2D eigenvalue weighted by atomic mass is 10.3. The van der Waals surface area contributed by atoms with Crippen LogP contribution in [0.5, 0.6) is 0 Å². The summed E-state index contributed by atoms with van der Waals surface area (Å²) >= 11 is 0. The second-order valence-corrected chi connectivity index (χ2v) is 4.53. The molecule has 20 heavy (non-hydrogen) atoms. The molecule has 114 valence electrons. The van der Waals surface area contributed by atoms with E-state index in [1.54, 1.807) is 4.90 Å². The molecule has 0 fully saturated rings. The fourth-order valence-corrected chi connectivity index (χ4v) is 2.10. The maximum Gasteiger partial charge on any atom is 0.251 e. The molecule has 0 radical (unpaired) electrons. The van der Waals surface area contributed by atoms with E-state index in [-0.39, 0.29) is 5.82 Å². The Hall–Kier alpha value is -1.30. The molecule has 0 aromatic carbocycles. The summed E-state index contributed by atoms with van der Waals surface area (Å²) in [4.78, 5) is 7.26. The highest BCUT2D eigenvalue weighted by molar-refractivity contribution is 5.39. The van der Waals surface area contributed by atoms with Crippen LogP contribution in [0.2, 0.25) is 0 Å². The molecule has 0 N–H and O–H groups in total. The zero-order chi connectivity index (χ0) is 15.1. The van der Waals surface area contributed by atoms with Gasteiger partial charge in [-0.25, -0.2) is 8.78 Å². The maximum absolute atomic E-state index is 13.7. The first-order chi connectivity index (χ1) is 9.53. The number of pyridine rings is 1. The van der Waals surface area contributed by atoms with Crippen molar-refractivity contribution in [1.82, 2.24) is 9.88 Å². The average Bonchev–Trinajstić information content (AvgIpc) is 2.44. The minimum atomic E-state index is -1.26. The van der Waals surface area contributed by atoms with Crippen molar-refractivity contribution in [3.05, 3.63) is 23.6 Å². The molecule has 0 saturated heterocycles. The topological polar surface area (TPSA) is 19.4 Å². The van der Waals surface area contributed by atoms with Gasteiger partial charge in [0.1, 0.15) is 0 Å². The number of nitrogens with zero attached hydrogens (tertiary/aromatic N) is 3. The molecule has 0 spiro atoms. The third-order valence-corrected chi connectivity index (χ3v) is 3.35. The zero-order valence-electron chi connectivity index (χ0n) is 12.3. The Labute approximate surface area is 118 Å². The van der Waals surface area contributed by atoms with Gasteiger partial charge < -0.3 is 9.80 Å². The van der Waals surface area contributed by atoms with E-state index in [1.165, 1.54) is 0 Å². The van der Waals surface area contributed by atoms with Crippen LogP contribution in [0.25, 0.3) is 0 Å². The molecule has 0 amide bonds. The number of aromatic nitrogens is 1. The molecule has 0 atom stereocenters. The molecule has 0 unspecified atom stereocenters. The standard InChI is InChI=1S/C14H22F3N3/c1-4-19(5-2)8-7-9-20(6-3)14-12(16)10-11(15)13(17)18-14/h10H,4-9H2,1-3H3. The van der Waals surface area contributed by atoms with Gasteiger partial charge in [0, 0.05) is 19.2 Å². The minimum Gasteiger partial charge on any atom is -0.354 e. The van der Waals surface area contributed by atoms with E-state index in [2.05, 4.69) is 23.7 Å². The second kappa shape index (κ2) is 8.09. The molecule has 0 bridgehead atoms. The predicted octanol–water partition coefficient (Wildman–Crippen LogP) is 3.06. The zero-order valence-corrected chi connectivity index (χ0v) is 12.3. The van der Waals surface area contributed by atoms with Crippen molar-refractivity contribution in [2.75, 3.05) is 37.6 Å². The molecule has 0 aliphatic heterocycles. The third kappa shape index (κ3) is 4.37. The maximum atomic E-state index is 13.7. The van der Waals surface area contributed by atoms with Gasteiger partial charge in [-0.15, -0.1) is 0 Å². The van der Waals surface area contributed by atoms with Crippen molar-refractivity contribution in [1.29, 1.82) is 0 Å². The third-order valence-electron chi connectivity index (χ3n) is 3.35. The summed E-state index contributed by atoms with van der Waals surface area (Å²) in [6.45, 7) is 9.85. The van der Waals surface area contributed by atoms with E-state index >= 15 is 0 Å². The Morgan fingerprint density at radius 3 is 2.15 bits per heavy atom. The quantitative estimate of drug-likeness (QED) is 0.686. The normalized spacial score (nSPS) is 11.2. The van der Waals surface area contributed by atoms with E-state index < -0.39 is 17.6 Å². The predicted molar refractivity (Wildman–Crippen MR) is 74.4 cm³/mol. The van der Waals surface area contributed by atoms with Gasteiger partial charge in [0.25, 0.3) is 5.95 Å². The summed E-state index contributed by atoms with van der Waals surface area (Å²) in [7, 11) is 0. The van der Waals surface area contributed by atoms with Crippen LogP contribution in [-0.2, 0) is 0 Å². The largest absolute Gasteiger partial charge is 0.354 e. The Morgan fingerprint density at radius 2 is 1.60 bits per heavy atom. The molecule has 0 aliphatic carbocycles. The Morgan fingerprint density at radius 1 is 0.950 bits per heavy atom. The summed E-state index contributed by atoms with van der Waals surface area (Å²) in [5, 5.41) is 0. The van der Waals surface area contributed by atoms with Crippen molar-refractivity contribution in [3.8, 4) is 0 Å². The van der Waals surface area contributed by atoms with Crippen LogP contribution < -0.4 is 4.90 Å². The van der Waals surface area contributed by atoms with Crippen LogP contribution >= 0.6 is 0 Å². The molecule has 1 heterocycles. The lowest BCUT2D eigenvalue weighted by Gasteiger charge is -2.24. The molecule has 1 aromatic heterocycles. The molecule has 1 aromatic rings. The molecule has 3 nitrogen and oxygen atoms in total. The van der Waals surface area contributed by atoms with E-state index in [4.69, 9.17) is 0 Å². The van der Waals surface area contributed by atoms with E-state index in [9.17, 15) is 13.2 Å². The highest BCUT2D eigenvalue weighted by atomic mass is 19.2. The molecule has 0 aliphatic rings. The monoisotopic (exact) mass is 289 g/mol. The lowest BCUT2D eigenvalue weighted by Crippen LogP contribution is -2.31. The number of anilines is 1. The number of halogens is 3. The number of hydrogen-bond acceptors (Lipinski definition) is 3. The summed E-state index contributed by atoms with van der Waals surface area (Å²) in [5.41, 5.74) is 0. The fraction of sp³-hybridized carbons (Fsp3) is 0.643. The highest BCUT2D eigenvalue weighted by Crippen LogP contribution is 2.19. The Kier molecular flexibility index (Phi) is 6.78. The van der Waals surface area contributed by atoms with Gasteiger partial charge >= 0.3 is 0 Å². The van der Waals surface area contributed by atoms with Crippen LogP contribution in [0.1, 0.15) is 27.2 Å². The van der Waals surface area contributed by atoms with Crippen LogP contribution in [0, 0.1) is 17.6 Å². The average molecular weight is 289 g/mol. The van der Waals surface area contributed by atoms with Gasteiger partial charge in [-0.3, -0.25) is 0 Å². The highest BCUT2D eigenvalue weighted by Gasteiger charge is 2.16. The van der Waals surface area contributed by atoms with Crippen molar-refractivity contribution in [2.45, 2.75) is 27.2 Å². The molecular formula is C14H22F3N3. The SMILES string of the molecule is CCN(CC)CCCN(CC)c1nc(F)c(F)cc1F. The van der Waals surface area contributed by atoms with Gasteiger partial charge in [-0.1, -0.05) is 13.8 Å². The lowest BCUT2D eigenvalue weighted by molar-refractivity contribution is 0.300. The van der Waals surface area contributed by atoms with Gasteiger partial charge in [-0.05, 0) is 33.0 Å². The van der Waals surface area contributed by atoms with Crippen molar-refractivity contribution < 1.29 is 13.2 Å². The number of hydrogen-bond donors (Lipinski definition) is 0. The van der Waals surface area contributed by atoms with Gasteiger partial charge in [0.15, 0.2) is 17.5 Å². The summed E-state index contributed by atoms with van der Waals surface area (Å²) < 4.78 is 39.7. The van der Waals surface area contributed by atoms with Gasteiger partial charge in [-0.2, -0.15) is 9.37 Å². The molecule has 1 rings (SSSR count). The van der Waals surface area contributed by atoms with Crippen LogP contribution in [0.3, 0.4) is 0 Å². The van der Waals surface area contributed by atoms with Crippen molar-refractivity contribution in [2.24, 2.45) is 0 Å². The van der Waals surface area contributed by atoms with Gasteiger partial charge in [0.05, 0.1) is 0 Å². The Bertz CT molecular complexity index is 422. The summed E-state index contributed by atoms with van der Waals surface area (Å²) in [6, 6.07) is 0.546. The minimum absolute atomic E-state index is 0.119. The Balaban J connectivity index is 2.69. The fourth-order valence-electron chi connectivity index (χ4n) is 2.10. The first kappa shape index (κ1) is 16.8. The first-order valence-electron chi connectivity index (χ1n) is 7.02. The van der Waals surface area contributed by atoms with Crippen LogP contribution in [0.4, 0.5) is 19.0 Å². The smallest absolute Gasteiger partial charge is 0.251 e. The first-order valence-corrected chi connectivity index (χ1v) is 7.02. The molecule has 6 heteroatoms. The van der Waals surface area contributed by atoms with Crippen molar-refractivity contribution in [3.63, 3.8) is 0 Å². The van der Waals surface area contributed by atoms with Crippen molar-refractivity contribution >= 4 is 5.82 Å².